The van der Waals surface area contributed by atoms with E-state index < -0.39 is 0 Å². The van der Waals surface area contributed by atoms with E-state index in [9.17, 15) is 0 Å². The van der Waals surface area contributed by atoms with Crippen molar-refractivity contribution in [3.63, 3.8) is 0 Å². The van der Waals surface area contributed by atoms with Gasteiger partial charge in [-0.2, -0.15) is 0 Å². The zero-order chi connectivity index (χ0) is 36.3. The van der Waals surface area contributed by atoms with E-state index in [1.165, 1.54) is 110 Å². The number of unbranched alkanes of at least 4 members (excludes halogenated alkanes) is 10. The van der Waals surface area contributed by atoms with Gasteiger partial charge >= 0.3 is 0 Å². The number of aromatic nitrogens is 4. The molecular formula is C49H54N4. The summed E-state index contributed by atoms with van der Waals surface area (Å²) in [4.78, 5) is 19.2. The van der Waals surface area contributed by atoms with Crippen LogP contribution in [0, 0.1) is 0 Å². The van der Waals surface area contributed by atoms with Crippen molar-refractivity contribution in [1.82, 2.24) is 19.9 Å². The van der Waals surface area contributed by atoms with Gasteiger partial charge in [0.05, 0.1) is 22.8 Å². The van der Waals surface area contributed by atoms with Crippen LogP contribution in [0.4, 0.5) is 0 Å². The molecule has 0 radical (unpaired) electrons. The van der Waals surface area contributed by atoms with Crippen LogP contribution in [-0.2, 0) is 5.41 Å². The third kappa shape index (κ3) is 8.03. The Morgan fingerprint density at radius 2 is 0.830 bits per heavy atom. The number of hydrogen-bond donors (Lipinski definition) is 0. The van der Waals surface area contributed by atoms with Gasteiger partial charge in [0.2, 0.25) is 0 Å². The molecule has 0 saturated heterocycles. The van der Waals surface area contributed by atoms with Crippen LogP contribution in [0.15, 0.2) is 122 Å². The molecule has 7 rings (SSSR count). The summed E-state index contributed by atoms with van der Waals surface area (Å²) in [6.45, 7) is 4.61. The fraction of sp³-hybridized carbons (Fsp3) is 0.347. The van der Waals surface area contributed by atoms with Crippen molar-refractivity contribution in [1.29, 1.82) is 0 Å². The van der Waals surface area contributed by atoms with E-state index in [0.717, 1.165) is 46.7 Å². The molecule has 53 heavy (non-hydrogen) atoms. The number of hydrogen-bond acceptors (Lipinski definition) is 4. The van der Waals surface area contributed by atoms with Crippen molar-refractivity contribution >= 4 is 0 Å². The summed E-state index contributed by atoms with van der Waals surface area (Å²) in [5.41, 5.74) is 14.0. The first-order chi connectivity index (χ1) is 26.2. The van der Waals surface area contributed by atoms with Gasteiger partial charge in [0.15, 0.2) is 0 Å². The van der Waals surface area contributed by atoms with E-state index >= 15 is 0 Å². The summed E-state index contributed by atoms with van der Waals surface area (Å²) in [6, 6.07) is 35.2. The molecule has 1 aliphatic carbocycles. The summed E-state index contributed by atoms with van der Waals surface area (Å²) in [5, 5.41) is 0. The summed E-state index contributed by atoms with van der Waals surface area (Å²) in [5.74, 6) is 0. The minimum atomic E-state index is -0.0765. The zero-order valence-corrected chi connectivity index (χ0v) is 31.7. The molecule has 0 fully saturated rings. The van der Waals surface area contributed by atoms with Crippen LogP contribution in [0.5, 0.6) is 0 Å². The second-order valence-corrected chi connectivity index (χ2v) is 14.9. The molecule has 0 amide bonds. The number of benzene rings is 2. The molecule has 4 aromatic heterocycles. The molecule has 0 unspecified atom stereocenters. The lowest BCUT2D eigenvalue weighted by atomic mass is 9.70. The Hall–Kier alpha value is -4.96. The Labute approximate surface area is 317 Å². The molecule has 0 atom stereocenters. The first-order valence-corrected chi connectivity index (χ1v) is 20.3. The standard InChI is InChI=1S/C49H54N4/c1-3-5-7-9-11-15-29-49(30-16-12-10-8-6-4-2)43-35-37(39-21-19-33-52-47(39)45-23-13-17-31-50-45)25-27-41(43)42-28-26-38(36-44(42)49)40-22-20-34-53-48(40)46-24-14-18-32-51-46/h13-14,17-28,31-36H,3-12,15-16,29-30H2,1-2H3. The third-order valence-electron chi connectivity index (χ3n) is 11.3. The van der Waals surface area contributed by atoms with Gasteiger partial charge in [0.25, 0.3) is 0 Å². The summed E-state index contributed by atoms with van der Waals surface area (Å²) < 4.78 is 0. The molecule has 0 spiro atoms. The monoisotopic (exact) mass is 698 g/mol. The lowest BCUT2D eigenvalue weighted by Crippen LogP contribution is -2.25. The van der Waals surface area contributed by atoms with Gasteiger partial charge < -0.3 is 0 Å². The molecule has 4 nitrogen and oxygen atoms in total. The quantitative estimate of drug-likeness (QED) is 0.0839. The van der Waals surface area contributed by atoms with Gasteiger partial charge in [0.1, 0.15) is 0 Å². The molecule has 6 aromatic rings. The Balaban J connectivity index is 1.35. The van der Waals surface area contributed by atoms with Crippen molar-refractivity contribution in [2.75, 3.05) is 0 Å². The van der Waals surface area contributed by atoms with Crippen molar-refractivity contribution in [2.24, 2.45) is 0 Å². The number of fused-ring (bicyclic) bond motifs is 3. The molecule has 2 aromatic carbocycles. The first-order valence-electron chi connectivity index (χ1n) is 20.3. The molecule has 4 heterocycles. The number of pyridine rings is 4. The van der Waals surface area contributed by atoms with E-state index in [-0.39, 0.29) is 5.41 Å². The summed E-state index contributed by atoms with van der Waals surface area (Å²) in [7, 11) is 0. The normalized spacial score (nSPS) is 12.8. The molecule has 1 aliphatic rings. The van der Waals surface area contributed by atoms with Crippen LogP contribution in [0.25, 0.3) is 56.2 Å². The van der Waals surface area contributed by atoms with Crippen LogP contribution in [0.3, 0.4) is 0 Å². The summed E-state index contributed by atoms with van der Waals surface area (Å²) >= 11 is 0. The highest BCUT2D eigenvalue weighted by Crippen LogP contribution is 2.56. The van der Waals surface area contributed by atoms with Crippen LogP contribution >= 0.6 is 0 Å². The maximum Gasteiger partial charge on any atom is 0.0964 e. The number of nitrogens with zero attached hydrogens (tertiary/aromatic N) is 4. The predicted octanol–water partition coefficient (Wildman–Crippen LogP) is 13.7. The summed E-state index contributed by atoms with van der Waals surface area (Å²) in [6.07, 6.45) is 25.3. The predicted molar refractivity (Wildman–Crippen MR) is 222 cm³/mol. The van der Waals surface area contributed by atoms with Gasteiger partial charge in [-0.05, 0) is 94.8 Å². The lowest BCUT2D eigenvalue weighted by molar-refractivity contribution is 0.398. The molecule has 0 bridgehead atoms. The molecule has 270 valence electrons. The maximum absolute atomic E-state index is 4.87. The highest BCUT2D eigenvalue weighted by Gasteiger charge is 2.43. The van der Waals surface area contributed by atoms with Crippen molar-refractivity contribution in [2.45, 2.75) is 109 Å². The SMILES string of the molecule is CCCCCCCCC1(CCCCCCCC)c2cc(-c3cccnc3-c3ccccn3)ccc2-c2ccc(-c3cccnc3-c3ccccn3)cc21. The Morgan fingerprint density at radius 1 is 0.396 bits per heavy atom. The fourth-order valence-electron chi connectivity index (χ4n) is 8.60. The van der Waals surface area contributed by atoms with Gasteiger partial charge in [-0.25, -0.2) is 0 Å². The molecule has 0 saturated carbocycles. The van der Waals surface area contributed by atoms with E-state index in [2.05, 4.69) is 86.6 Å². The smallest absolute Gasteiger partial charge is 0.0964 e. The second kappa shape index (κ2) is 17.7. The van der Waals surface area contributed by atoms with E-state index in [1.54, 1.807) is 0 Å². The average molecular weight is 699 g/mol. The topological polar surface area (TPSA) is 51.6 Å². The van der Waals surface area contributed by atoms with Gasteiger partial charge in [-0.3, -0.25) is 19.9 Å². The van der Waals surface area contributed by atoms with Gasteiger partial charge in [-0.15, -0.1) is 0 Å². The van der Waals surface area contributed by atoms with E-state index in [1.807, 2.05) is 49.1 Å². The van der Waals surface area contributed by atoms with Crippen molar-refractivity contribution < 1.29 is 0 Å². The van der Waals surface area contributed by atoms with Crippen LogP contribution < -0.4 is 0 Å². The first kappa shape index (κ1) is 36.4. The molecule has 4 heteroatoms. The van der Waals surface area contributed by atoms with Crippen molar-refractivity contribution in [3.8, 4) is 56.2 Å². The molecular weight excluding hydrogens is 645 g/mol. The van der Waals surface area contributed by atoms with Crippen LogP contribution in [-0.4, -0.2) is 19.9 Å². The second-order valence-electron chi connectivity index (χ2n) is 14.9. The lowest BCUT2D eigenvalue weighted by Gasteiger charge is -2.33. The fourth-order valence-corrected chi connectivity index (χ4v) is 8.60. The van der Waals surface area contributed by atoms with Gasteiger partial charge in [-0.1, -0.05) is 139 Å². The van der Waals surface area contributed by atoms with Gasteiger partial charge in [0, 0.05) is 41.3 Å². The average Bonchev–Trinajstić information content (AvgIpc) is 3.49. The number of rotatable bonds is 18. The minimum Gasteiger partial charge on any atom is -0.255 e. The van der Waals surface area contributed by atoms with Crippen LogP contribution in [0.1, 0.15) is 115 Å². The Kier molecular flexibility index (Phi) is 12.2. The highest BCUT2D eigenvalue weighted by atomic mass is 14.8. The van der Waals surface area contributed by atoms with E-state index in [4.69, 9.17) is 19.9 Å². The Bertz CT molecular complexity index is 1920. The third-order valence-corrected chi connectivity index (χ3v) is 11.3. The van der Waals surface area contributed by atoms with E-state index in [0.29, 0.717) is 0 Å². The molecule has 0 aliphatic heterocycles. The minimum absolute atomic E-state index is 0.0765. The van der Waals surface area contributed by atoms with Crippen molar-refractivity contribution in [3.05, 3.63) is 133 Å². The largest absolute Gasteiger partial charge is 0.255 e. The zero-order valence-electron chi connectivity index (χ0n) is 31.7. The van der Waals surface area contributed by atoms with Crippen LogP contribution in [0.2, 0.25) is 0 Å². The highest BCUT2D eigenvalue weighted by molar-refractivity contribution is 5.89. The Morgan fingerprint density at radius 3 is 1.26 bits per heavy atom. The molecule has 0 N–H and O–H groups in total. The maximum atomic E-state index is 4.87.